The van der Waals surface area contributed by atoms with E-state index in [1.807, 2.05) is 24.3 Å². The largest absolute Gasteiger partial charge is 0.352 e. The smallest absolute Gasteiger partial charge is 0.322 e. The molecule has 1 aliphatic heterocycles. The third kappa shape index (κ3) is 4.54. The first kappa shape index (κ1) is 20.2. The molecule has 0 bridgehead atoms. The van der Waals surface area contributed by atoms with E-state index in [2.05, 4.69) is 51.6 Å². The summed E-state index contributed by atoms with van der Waals surface area (Å²) in [7, 11) is 0. The fourth-order valence-corrected chi connectivity index (χ4v) is 3.64. The van der Waals surface area contributed by atoms with Crippen LogP contribution in [0.1, 0.15) is 12.5 Å². The number of aromatic nitrogens is 2. The van der Waals surface area contributed by atoms with Gasteiger partial charge in [-0.2, -0.15) is 0 Å². The molecule has 154 valence electrons. The highest BCUT2D eigenvalue weighted by atomic mass is 35.5. The molecule has 1 fully saturated rings. The van der Waals surface area contributed by atoms with Gasteiger partial charge >= 0.3 is 6.03 Å². The number of nitrogens with one attached hydrogen (secondary N) is 1. The number of carbonyl (C=O) groups excluding carboxylic acids is 1. The van der Waals surface area contributed by atoms with E-state index < -0.39 is 0 Å². The van der Waals surface area contributed by atoms with Crippen molar-refractivity contribution in [1.29, 1.82) is 0 Å². The first-order valence-electron chi connectivity index (χ1n) is 10.1. The molecule has 0 saturated carbocycles. The summed E-state index contributed by atoms with van der Waals surface area (Å²) >= 11 is 6.13. The zero-order valence-electron chi connectivity index (χ0n) is 16.9. The monoisotopic (exact) mass is 421 g/mol. The number of para-hydroxylation sites is 1. The fourth-order valence-electron chi connectivity index (χ4n) is 3.45. The molecular formula is C23H24ClN5O. The van der Waals surface area contributed by atoms with Gasteiger partial charge in [-0.3, -0.25) is 0 Å². The number of hydrogen-bond acceptors (Lipinski definition) is 4. The molecule has 6 nitrogen and oxygen atoms in total. The van der Waals surface area contributed by atoms with Crippen molar-refractivity contribution in [3.63, 3.8) is 0 Å². The summed E-state index contributed by atoms with van der Waals surface area (Å²) in [6, 6.07) is 19.5. The van der Waals surface area contributed by atoms with Crippen LogP contribution in [0.25, 0.3) is 11.3 Å². The van der Waals surface area contributed by atoms with Gasteiger partial charge < -0.3 is 15.1 Å². The highest BCUT2D eigenvalue weighted by molar-refractivity contribution is 6.33. The number of amides is 2. The number of hydrogen-bond donors (Lipinski definition) is 1. The Balaban J connectivity index is 1.34. The lowest BCUT2D eigenvalue weighted by molar-refractivity contribution is 0.208. The van der Waals surface area contributed by atoms with Crippen LogP contribution in [0.4, 0.5) is 16.3 Å². The van der Waals surface area contributed by atoms with Gasteiger partial charge in [0.05, 0.1) is 16.4 Å². The molecule has 1 N–H and O–H groups in total. The molecule has 2 amide bonds. The first-order chi connectivity index (χ1) is 14.6. The minimum absolute atomic E-state index is 0.139. The van der Waals surface area contributed by atoms with Crippen molar-refractivity contribution in [2.75, 3.05) is 36.4 Å². The molecule has 2 heterocycles. The van der Waals surface area contributed by atoms with Crippen molar-refractivity contribution < 1.29 is 4.79 Å². The van der Waals surface area contributed by atoms with Gasteiger partial charge in [-0.05, 0) is 36.2 Å². The van der Waals surface area contributed by atoms with Gasteiger partial charge in [-0.15, -0.1) is 10.2 Å². The van der Waals surface area contributed by atoms with E-state index in [4.69, 9.17) is 11.6 Å². The third-order valence-corrected chi connectivity index (χ3v) is 5.64. The van der Waals surface area contributed by atoms with Crippen molar-refractivity contribution in [3.8, 4) is 11.3 Å². The van der Waals surface area contributed by atoms with Crippen LogP contribution < -0.4 is 10.2 Å². The minimum atomic E-state index is -0.139. The van der Waals surface area contributed by atoms with Crippen LogP contribution in [0.5, 0.6) is 0 Å². The maximum Gasteiger partial charge on any atom is 0.322 e. The van der Waals surface area contributed by atoms with Crippen molar-refractivity contribution in [1.82, 2.24) is 15.1 Å². The number of rotatable bonds is 4. The number of benzene rings is 2. The Morgan fingerprint density at radius 2 is 1.70 bits per heavy atom. The zero-order valence-corrected chi connectivity index (χ0v) is 17.6. The Morgan fingerprint density at radius 1 is 0.967 bits per heavy atom. The Bertz CT molecular complexity index is 999. The van der Waals surface area contributed by atoms with Crippen LogP contribution in [0.15, 0.2) is 60.7 Å². The van der Waals surface area contributed by atoms with Crippen molar-refractivity contribution in [3.05, 3.63) is 71.2 Å². The quantitative estimate of drug-likeness (QED) is 0.662. The lowest BCUT2D eigenvalue weighted by Gasteiger charge is -2.35. The normalized spacial score (nSPS) is 13.9. The molecule has 3 aromatic rings. The second kappa shape index (κ2) is 9.13. The van der Waals surface area contributed by atoms with E-state index in [0.717, 1.165) is 23.5 Å². The maximum absolute atomic E-state index is 12.5. The molecule has 0 atom stereocenters. The Kier molecular flexibility index (Phi) is 6.14. The number of piperazine rings is 1. The van der Waals surface area contributed by atoms with E-state index in [-0.39, 0.29) is 6.03 Å². The molecule has 1 saturated heterocycles. The molecule has 0 unspecified atom stereocenters. The Morgan fingerprint density at radius 3 is 2.33 bits per heavy atom. The fraction of sp³-hybridized carbons (Fsp3) is 0.261. The van der Waals surface area contributed by atoms with E-state index in [9.17, 15) is 4.79 Å². The molecule has 30 heavy (non-hydrogen) atoms. The van der Waals surface area contributed by atoms with Crippen molar-refractivity contribution in [2.45, 2.75) is 13.3 Å². The average Bonchev–Trinajstić information content (AvgIpc) is 2.81. The topological polar surface area (TPSA) is 61.4 Å². The summed E-state index contributed by atoms with van der Waals surface area (Å²) in [6.45, 7) is 4.77. The minimum Gasteiger partial charge on any atom is -0.352 e. The van der Waals surface area contributed by atoms with Gasteiger partial charge in [0.15, 0.2) is 5.82 Å². The zero-order chi connectivity index (χ0) is 20.9. The highest BCUT2D eigenvalue weighted by Gasteiger charge is 2.22. The SMILES string of the molecule is CCc1ccc(-c2ccc(N3CCN(C(=O)Nc4ccccc4Cl)CC3)nn2)cc1. The van der Waals surface area contributed by atoms with Crippen LogP contribution in [-0.2, 0) is 6.42 Å². The van der Waals surface area contributed by atoms with Crippen LogP contribution in [0, 0.1) is 0 Å². The number of nitrogens with zero attached hydrogens (tertiary/aromatic N) is 4. The van der Waals surface area contributed by atoms with Crippen molar-refractivity contribution >= 4 is 29.1 Å². The molecular weight excluding hydrogens is 398 g/mol. The molecule has 7 heteroatoms. The summed E-state index contributed by atoms with van der Waals surface area (Å²) in [5.74, 6) is 0.829. The molecule has 0 aliphatic carbocycles. The predicted octanol–water partition coefficient (Wildman–Crippen LogP) is 4.71. The molecule has 4 rings (SSSR count). The second-order valence-electron chi connectivity index (χ2n) is 7.21. The summed E-state index contributed by atoms with van der Waals surface area (Å²) in [4.78, 5) is 16.5. The molecule has 0 spiro atoms. The molecule has 1 aliphatic rings. The third-order valence-electron chi connectivity index (χ3n) is 5.31. The summed E-state index contributed by atoms with van der Waals surface area (Å²) in [5, 5.41) is 12.2. The van der Waals surface area contributed by atoms with E-state index in [1.54, 1.807) is 17.0 Å². The summed E-state index contributed by atoms with van der Waals surface area (Å²) in [6.07, 6.45) is 1.02. The number of anilines is 2. The van der Waals surface area contributed by atoms with Crippen LogP contribution in [-0.4, -0.2) is 47.3 Å². The van der Waals surface area contributed by atoms with Crippen LogP contribution in [0.3, 0.4) is 0 Å². The molecule has 1 aromatic heterocycles. The maximum atomic E-state index is 12.5. The van der Waals surface area contributed by atoms with Gasteiger partial charge in [0.25, 0.3) is 0 Å². The first-order valence-corrected chi connectivity index (χ1v) is 10.5. The van der Waals surface area contributed by atoms with Crippen molar-refractivity contribution in [2.24, 2.45) is 0 Å². The van der Waals surface area contributed by atoms with Crippen LogP contribution >= 0.6 is 11.6 Å². The van der Waals surface area contributed by atoms with Gasteiger partial charge in [-0.1, -0.05) is 54.9 Å². The number of carbonyl (C=O) groups is 1. The van der Waals surface area contributed by atoms with E-state index in [0.29, 0.717) is 36.9 Å². The van der Waals surface area contributed by atoms with Gasteiger partial charge in [0, 0.05) is 31.7 Å². The number of aryl methyl sites for hydroxylation is 1. The van der Waals surface area contributed by atoms with E-state index >= 15 is 0 Å². The number of halogens is 1. The Hall–Kier alpha value is -3.12. The lowest BCUT2D eigenvalue weighted by atomic mass is 10.1. The van der Waals surface area contributed by atoms with Crippen LogP contribution in [0.2, 0.25) is 5.02 Å². The highest BCUT2D eigenvalue weighted by Crippen LogP contribution is 2.22. The Labute approximate surface area is 181 Å². The summed E-state index contributed by atoms with van der Waals surface area (Å²) < 4.78 is 0. The molecule has 0 radical (unpaired) electrons. The summed E-state index contributed by atoms with van der Waals surface area (Å²) in [5.41, 5.74) is 3.85. The average molecular weight is 422 g/mol. The standard InChI is InChI=1S/C23H24ClN5O/c1-2-17-7-9-18(10-8-17)20-11-12-22(27-26-20)28-13-15-29(16-14-28)23(30)25-21-6-4-3-5-19(21)24/h3-12H,2,13-16H2,1H3,(H,25,30). The number of urea groups is 1. The predicted molar refractivity (Wildman–Crippen MR) is 121 cm³/mol. The van der Waals surface area contributed by atoms with Gasteiger partial charge in [-0.25, -0.2) is 4.79 Å². The lowest BCUT2D eigenvalue weighted by Crippen LogP contribution is -2.50. The van der Waals surface area contributed by atoms with Gasteiger partial charge in [0.1, 0.15) is 0 Å². The second-order valence-corrected chi connectivity index (χ2v) is 7.62. The van der Waals surface area contributed by atoms with E-state index in [1.165, 1.54) is 5.56 Å². The van der Waals surface area contributed by atoms with Gasteiger partial charge in [0.2, 0.25) is 0 Å². The molecule has 2 aromatic carbocycles.